The van der Waals surface area contributed by atoms with Crippen molar-refractivity contribution >= 4 is 11.9 Å². The van der Waals surface area contributed by atoms with E-state index in [4.69, 9.17) is 30.8 Å². The molecule has 6 aromatic carbocycles. The molecule has 0 radical (unpaired) electrons. The van der Waals surface area contributed by atoms with E-state index in [1.807, 2.05) is 49.4 Å². The van der Waals surface area contributed by atoms with E-state index in [9.17, 15) is 9.59 Å². The number of ether oxygens (including phenoxy) is 3. The van der Waals surface area contributed by atoms with E-state index in [0.717, 1.165) is 59.3 Å². The number of carboxylic acid groups (broad SMARTS) is 1. The van der Waals surface area contributed by atoms with E-state index in [1.165, 1.54) is 57.3 Å². The molecule has 0 spiro atoms. The van der Waals surface area contributed by atoms with Crippen molar-refractivity contribution in [3.05, 3.63) is 177 Å². The number of hydrogen-bond donors (Lipinski definition) is 3. The van der Waals surface area contributed by atoms with Gasteiger partial charge >= 0.3 is 30.8 Å². The van der Waals surface area contributed by atoms with Crippen LogP contribution in [0.3, 0.4) is 0 Å². The second kappa shape index (κ2) is 23.0. The van der Waals surface area contributed by atoms with Gasteiger partial charge in [0.1, 0.15) is 24.7 Å². The Bertz CT molecular complexity index is 2470. The first-order chi connectivity index (χ1) is 29.3. The summed E-state index contributed by atoms with van der Waals surface area (Å²) in [4.78, 5) is 23.0. The largest absolute Gasteiger partial charge is 1.00 e. The smallest absolute Gasteiger partial charge is 0.870 e. The van der Waals surface area contributed by atoms with Crippen LogP contribution in [-0.2, 0) is 79.2 Å². The van der Waals surface area contributed by atoms with Crippen molar-refractivity contribution < 1.29 is 53.2 Å². The zero-order valence-corrected chi connectivity index (χ0v) is 35.8. The average molecular weight is 827 g/mol. The van der Waals surface area contributed by atoms with Crippen molar-refractivity contribution in [3.63, 3.8) is 0 Å². The Labute approximate surface area is 376 Å². The minimum Gasteiger partial charge on any atom is -0.870 e. The molecule has 8 rings (SSSR count). The fourth-order valence-corrected chi connectivity index (χ4v) is 8.39. The summed E-state index contributed by atoms with van der Waals surface area (Å²) in [5.41, 5.74) is 28.4. The van der Waals surface area contributed by atoms with Crippen LogP contribution in [0.5, 0.6) is 11.5 Å². The Balaban J connectivity index is 0.000000227. The third-order valence-corrected chi connectivity index (χ3v) is 11.2. The van der Waals surface area contributed by atoms with Gasteiger partial charge in [0.05, 0.1) is 19.4 Å². The number of carbonyl (C=O) groups excluding carboxylic acids is 1. The van der Waals surface area contributed by atoms with Gasteiger partial charge in [0, 0.05) is 24.2 Å². The Kier molecular flexibility index (Phi) is 17.6. The summed E-state index contributed by atoms with van der Waals surface area (Å²) in [5, 5.41) is 9.12. The number of carbonyl (C=O) groups is 2. The minimum atomic E-state index is -0.861. The van der Waals surface area contributed by atoms with E-state index in [2.05, 4.69) is 72.8 Å². The molecule has 2 aliphatic rings. The number of carboxylic acids is 1. The molecule has 6 N–H and O–H groups in total. The molecule has 0 saturated carbocycles. The van der Waals surface area contributed by atoms with Gasteiger partial charge in [-0.2, -0.15) is 0 Å². The van der Waals surface area contributed by atoms with Gasteiger partial charge in [-0.1, -0.05) is 84.9 Å². The van der Waals surface area contributed by atoms with E-state index >= 15 is 0 Å². The molecule has 0 heterocycles. The second-order valence-electron chi connectivity index (χ2n) is 15.4. The normalized spacial score (nSPS) is 12.1. The molecule has 9 nitrogen and oxygen atoms in total. The second-order valence-corrected chi connectivity index (χ2v) is 15.4. The van der Waals surface area contributed by atoms with Crippen LogP contribution < -0.4 is 39.8 Å². The predicted octanol–water partition coefficient (Wildman–Crippen LogP) is 6.32. The number of aryl methyl sites for hydroxylation is 2. The molecular formula is C52H55LiN2O7. The zero-order chi connectivity index (χ0) is 41.8. The number of fused-ring (bicyclic) bond motifs is 2. The van der Waals surface area contributed by atoms with Crippen LogP contribution in [0.4, 0.5) is 0 Å². The van der Waals surface area contributed by atoms with Crippen molar-refractivity contribution in [1.82, 2.24) is 0 Å². The summed E-state index contributed by atoms with van der Waals surface area (Å²) in [6.07, 6.45) is 6.93. The van der Waals surface area contributed by atoms with Crippen molar-refractivity contribution in [3.8, 4) is 33.8 Å². The van der Waals surface area contributed by atoms with E-state index in [-0.39, 0.29) is 43.1 Å². The fraction of sp³-hybridized carbons (Fsp3) is 0.269. The van der Waals surface area contributed by atoms with Crippen molar-refractivity contribution in [2.45, 2.75) is 84.6 Å². The van der Waals surface area contributed by atoms with Gasteiger partial charge in [-0.25, -0.2) is 0 Å². The van der Waals surface area contributed by atoms with Crippen LogP contribution in [0, 0.1) is 0 Å². The predicted molar refractivity (Wildman–Crippen MR) is 239 cm³/mol. The topological polar surface area (TPSA) is 164 Å². The van der Waals surface area contributed by atoms with Gasteiger partial charge in [-0.15, -0.1) is 0 Å². The van der Waals surface area contributed by atoms with Crippen LogP contribution in [0.1, 0.15) is 75.4 Å². The number of benzene rings is 6. The van der Waals surface area contributed by atoms with Gasteiger partial charge in [-0.05, 0) is 149 Å². The summed E-state index contributed by atoms with van der Waals surface area (Å²) in [6, 6.07) is 40.9. The molecule has 0 aromatic heterocycles. The maximum Gasteiger partial charge on any atom is 1.00 e. The average Bonchev–Trinajstić information content (AvgIpc) is 3.96. The Hall–Kier alpha value is -5.66. The molecule has 0 amide bonds. The Morgan fingerprint density at radius 3 is 1.50 bits per heavy atom. The Morgan fingerprint density at radius 1 is 0.581 bits per heavy atom. The zero-order valence-electron chi connectivity index (χ0n) is 35.8. The molecule has 62 heavy (non-hydrogen) atoms. The summed E-state index contributed by atoms with van der Waals surface area (Å²) in [7, 11) is 0. The van der Waals surface area contributed by atoms with E-state index < -0.39 is 5.97 Å². The summed E-state index contributed by atoms with van der Waals surface area (Å²) >= 11 is 0. The first-order valence-corrected chi connectivity index (χ1v) is 21.0. The molecule has 0 bridgehead atoms. The fourth-order valence-electron chi connectivity index (χ4n) is 8.39. The molecule has 0 unspecified atom stereocenters. The van der Waals surface area contributed by atoms with Crippen molar-refractivity contribution in [2.24, 2.45) is 11.5 Å². The molecule has 0 fully saturated rings. The van der Waals surface area contributed by atoms with Crippen molar-refractivity contribution in [1.29, 1.82) is 0 Å². The first kappa shape index (κ1) is 47.4. The molecule has 316 valence electrons. The minimum absolute atomic E-state index is 0. The van der Waals surface area contributed by atoms with E-state index in [0.29, 0.717) is 44.2 Å². The molecule has 0 saturated heterocycles. The van der Waals surface area contributed by atoms with Gasteiger partial charge in [-0.3, -0.25) is 9.59 Å². The summed E-state index contributed by atoms with van der Waals surface area (Å²) in [5.74, 6) is 0.253. The quantitative estimate of drug-likeness (QED) is 0.0795. The van der Waals surface area contributed by atoms with Crippen molar-refractivity contribution in [2.75, 3.05) is 6.61 Å². The third kappa shape index (κ3) is 12.0. The molecule has 10 heteroatoms. The van der Waals surface area contributed by atoms with Crippen LogP contribution in [0.15, 0.2) is 121 Å². The molecule has 0 atom stereocenters. The van der Waals surface area contributed by atoms with E-state index in [1.54, 1.807) is 6.07 Å². The number of nitrogens with two attached hydrogens (primary N) is 2. The van der Waals surface area contributed by atoms with Crippen LogP contribution in [0.2, 0.25) is 0 Å². The maximum atomic E-state index is 11.9. The molecule has 6 aromatic rings. The van der Waals surface area contributed by atoms with Gasteiger partial charge in [0.25, 0.3) is 0 Å². The van der Waals surface area contributed by atoms with Gasteiger partial charge < -0.3 is 36.3 Å². The monoisotopic (exact) mass is 826 g/mol. The summed E-state index contributed by atoms with van der Waals surface area (Å²) in [6.45, 7) is 4.12. The SMILES string of the molecule is CCOC(=O)Cc1ccccc1OCc1cc2c(c(-c3cccc(CN)c3)c1)CCC2.NCc1cccc(-c2cc(COc3ccccc3CC(=O)O)cc3c2CCC3)c1.[Li+].[OH-]. The molecule has 0 aliphatic heterocycles. The number of para-hydroxylation sites is 2. The van der Waals surface area contributed by atoms with Crippen LogP contribution >= 0.6 is 0 Å². The number of esters is 1. The molecule has 2 aliphatic carbocycles. The number of aliphatic carboxylic acids is 1. The van der Waals surface area contributed by atoms with Gasteiger partial charge in [0.15, 0.2) is 0 Å². The van der Waals surface area contributed by atoms with Crippen LogP contribution in [-0.4, -0.2) is 29.1 Å². The third-order valence-electron chi connectivity index (χ3n) is 11.2. The maximum absolute atomic E-state index is 11.9. The number of hydrogen-bond acceptors (Lipinski definition) is 8. The Morgan fingerprint density at radius 2 is 1.05 bits per heavy atom. The van der Waals surface area contributed by atoms with Crippen LogP contribution in [0.25, 0.3) is 22.3 Å². The van der Waals surface area contributed by atoms with Gasteiger partial charge in [0.2, 0.25) is 0 Å². The number of rotatable bonds is 15. The summed E-state index contributed by atoms with van der Waals surface area (Å²) < 4.78 is 17.3. The first-order valence-electron chi connectivity index (χ1n) is 21.0. The standard InChI is InChI=1S/C27H29NO3.C25H25NO3.Li.H2O/c1-2-30-27(29)16-23-8-3-4-12-26(23)31-18-20-14-21-10-6-11-24(21)25(15-20)22-9-5-7-19(13-22)17-28;26-15-17-5-3-7-20(11-17)23-13-18(12-19-8-4-9-22(19)23)16-29-24-10-2-1-6-21(24)14-25(27)28;;/h3-5,7-9,12-15H,2,6,10-11,16-18,28H2,1H3;1-3,5-7,10-13H,4,8-9,14-16,26H2,(H,27,28);;1H2/q;;+1;/p-1. The molecular weight excluding hydrogens is 772 g/mol.